The average molecular weight is 135 g/mol. The fourth-order valence-corrected chi connectivity index (χ4v) is 0.123. The third kappa shape index (κ3) is 39.8. The van der Waals surface area contributed by atoms with Crippen LogP contribution in [0.4, 0.5) is 4.79 Å². The number of carbonyl (C=O) groups is 1. The van der Waals surface area contributed by atoms with Crippen LogP contribution in [0.25, 0.3) is 0 Å². The van der Waals surface area contributed by atoms with Crippen LogP contribution in [0.1, 0.15) is 6.92 Å². The Morgan fingerprint density at radius 2 is 2.00 bits per heavy atom. The van der Waals surface area contributed by atoms with E-state index in [0.29, 0.717) is 0 Å². The Morgan fingerprint density at radius 1 is 1.67 bits per heavy atom. The van der Waals surface area contributed by atoms with Crippen molar-refractivity contribution in [1.29, 1.82) is 0 Å². The molecule has 0 aliphatic rings. The molecule has 0 unspecified atom stereocenters. The van der Waals surface area contributed by atoms with Gasteiger partial charge in [-0.15, -0.1) is 0 Å². The average Bonchev–Trinajstić information content (AvgIpc) is 1.67. The van der Waals surface area contributed by atoms with Gasteiger partial charge >= 0.3 is 6.16 Å². The van der Waals surface area contributed by atoms with E-state index in [2.05, 4.69) is 10.1 Å². The molecular weight excluding hydrogens is 122 g/mol. The zero-order valence-electron chi connectivity index (χ0n) is 5.97. The molecule has 0 bridgehead atoms. The summed E-state index contributed by atoms with van der Waals surface area (Å²) in [5.41, 5.74) is 0. The first-order chi connectivity index (χ1) is 4.18. The summed E-state index contributed by atoms with van der Waals surface area (Å²) in [6.45, 7) is 1.85. The maximum absolute atomic E-state index is 9.38. The van der Waals surface area contributed by atoms with Crippen LogP contribution in [0.3, 0.4) is 0 Å². The Bertz CT molecular complexity index is 65.2. The molecule has 0 fully saturated rings. The Balaban J connectivity index is 0. The smallest absolute Gasteiger partial charge is 0.450 e. The highest BCUT2D eigenvalue weighted by atomic mass is 16.7. The standard InChI is InChI=1S/C3H6O3.C2H7N/c1-2-6-3(4)5;1-3-2/h2H2,1H3,(H,4,5);3H,1-2H3. The Morgan fingerprint density at radius 3 is 2.00 bits per heavy atom. The molecule has 0 aromatic carbocycles. The lowest BCUT2D eigenvalue weighted by atomic mass is 10.9. The predicted molar refractivity (Wildman–Crippen MR) is 34.6 cm³/mol. The summed E-state index contributed by atoms with van der Waals surface area (Å²) in [4.78, 5) is 9.38. The molecule has 0 saturated heterocycles. The number of carboxylic acid groups (broad SMARTS) is 1. The molecule has 0 aromatic heterocycles. The lowest BCUT2D eigenvalue weighted by Crippen LogP contribution is -1.97. The molecule has 0 spiro atoms. The van der Waals surface area contributed by atoms with Crippen molar-refractivity contribution in [1.82, 2.24) is 5.32 Å². The van der Waals surface area contributed by atoms with E-state index in [1.54, 1.807) is 6.92 Å². The van der Waals surface area contributed by atoms with Crippen LogP contribution < -0.4 is 5.32 Å². The fourth-order valence-electron chi connectivity index (χ4n) is 0.123. The molecule has 0 heterocycles. The van der Waals surface area contributed by atoms with Crippen molar-refractivity contribution >= 4 is 6.16 Å². The first kappa shape index (κ1) is 11.1. The minimum absolute atomic E-state index is 0.231. The van der Waals surface area contributed by atoms with E-state index in [0.717, 1.165) is 0 Å². The van der Waals surface area contributed by atoms with Crippen LogP contribution in [0.5, 0.6) is 0 Å². The maximum Gasteiger partial charge on any atom is 0.505 e. The molecule has 0 amide bonds. The molecule has 0 aliphatic heterocycles. The van der Waals surface area contributed by atoms with Gasteiger partial charge in [-0.05, 0) is 21.0 Å². The molecule has 0 radical (unpaired) electrons. The van der Waals surface area contributed by atoms with Gasteiger partial charge in [0, 0.05) is 0 Å². The van der Waals surface area contributed by atoms with Crippen LogP contribution >= 0.6 is 0 Å². The summed E-state index contributed by atoms with van der Waals surface area (Å²) in [6, 6.07) is 0. The second-order valence-electron chi connectivity index (χ2n) is 1.20. The molecule has 0 saturated carbocycles. The monoisotopic (exact) mass is 135 g/mol. The summed E-state index contributed by atoms with van der Waals surface area (Å²) in [5, 5.41) is 10.4. The molecule has 2 N–H and O–H groups in total. The lowest BCUT2D eigenvalue weighted by Gasteiger charge is -1.87. The number of hydrogen-bond donors (Lipinski definition) is 2. The molecule has 56 valence electrons. The molecule has 0 aliphatic carbocycles. The third-order valence-corrected chi connectivity index (χ3v) is 0.268. The van der Waals surface area contributed by atoms with Crippen molar-refractivity contribution in [3.05, 3.63) is 0 Å². The Hall–Kier alpha value is -0.770. The Labute approximate surface area is 54.8 Å². The second-order valence-corrected chi connectivity index (χ2v) is 1.20. The number of nitrogens with one attached hydrogen (secondary N) is 1. The third-order valence-electron chi connectivity index (χ3n) is 0.268. The van der Waals surface area contributed by atoms with Crippen molar-refractivity contribution in [2.75, 3.05) is 20.7 Å². The number of ether oxygens (including phenoxy) is 1. The first-order valence-corrected chi connectivity index (χ1v) is 2.63. The van der Waals surface area contributed by atoms with Gasteiger partial charge in [0.25, 0.3) is 0 Å². The minimum atomic E-state index is -1.21. The fraction of sp³-hybridized carbons (Fsp3) is 0.800. The van der Waals surface area contributed by atoms with Crippen molar-refractivity contribution in [3.8, 4) is 0 Å². The van der Waals surface area contributed by atoms with E-state index in [4.69, 9.17) is 5.11 Å². The van der Waals surface area contributed by atoms with E-state index in [9.17, 15) is 4.79 Å². The van der Waals surface area contributed by atoms with E-state index >= 15 is 0 Å². The van der Waals surface area contributed by atoms with Crippen molar-refractivity contribution in [3.63, 3.8) is 0 Å². The van der Waals surface area contributed by atoms with Gasteiger partial charge in [-0.1, -0.05) is 0 Å². The number of rotatable bonds is 1. The predicted octanol–water partition coefficient (Wildman–Crippen LogP) is 0.536. The van der Waals surface area contributed by atoms with Gasteiger partial charge in [-0.25, -0.2) is 4.79 Å². The molecule has 0 atom stereocenters. The molecule has 4 nitrogen and oxygen atoms in total. The summed E-state index contributed by atoms with van der Waals surface area (Å²) < 4.78 is 3.96. The summed E-state index contributed by atoms with van der Waals surface area (Å²) in [5.74, 6) is 0. The first-order valence-electron chi connectivity index (χ1n) is 2.63. The van der Waals surface area contributed by atoms with E-state index in [1.807, 2.05) is 14.1 Å². The van der Waals surface area contributed by atoms with Crippen LogP contribution in [0.2, 0.25) is 0 Å². The topological polar surface area (TPSA) is 58.6 Å². The van der Waals surface area contributed by atoms with E-state index in [-0.39, 0.29) is 6.61 Å². The van der Waals surface area contributed by atoms with Gasteiger partial charge in [-0.3, -0.25) is 0 Å². The normalized spacial score (nSPS) is 7.00. The van der Waals surface area contributed by atoms with Gasteiger partial charge in [-0.2, -0.15) is 0 Å². The largest absolute Gasteiger partial charge is 0.505 e. The summed E-state index contributed by atoms with van der Waals surface area (Å²) in [7, 11) is 3.75. The SMILES string of the molecule is CCOC(=O)O.CNC. The van der Waals surface area contributed by atoms with Gasteiger partial charge < -0.3 is 15.2 Å². The summed E-state index contributed by atoms with van der Waals surface area (Å²) >= 11 is 0. The Kier molecular flexibility index (Phi) is 12.6. The van der Waals surface area contributed by atoms with Crippen molar-refractivity contribution in [2.24, 2.45) is 0 Å². The van der Waals surface area contributed by atoms with Crippen LogP contribution in [-0.2, 0) is 4.74 Å². The molecule has 0 aromatic rings. The van der Waals surface area contributed by atoms with Gasteiger partial charge in [0.15, 0.2) is 0 Å². The lowest BCUT2D eigenvalue weighted by molar-refractivity contribution is 0.0966. The second kappa shape index (κ2) is 10.3. The molecule has 4 heteroatoms. The van der Waals surface area contributed by atoms with Crippen molar-refractivity contribution in [2.45, 2.75) is 6.92 Å². The zero-order chi connectivity index (χ0) is 7.70. The van der Waals surface area contributed by atoms with Crippen LogP contribution in [0, 0.1) is 0 Å². The zero-order valence-corrected chi connectivity index (χ0v) is 5.97. The van der Waals surface area contributed by atoms with Gasteiger partial charge in [0.05, 0.1) is 6.61 Å². The number of hydrogen-bond acceptors (Lipinski definition) is 3. The van der Waals surface area contributed by atoms with Crippen LogP contribution in [-0.4, -0.2) is 32.0 Å². The molecule has 0 rings (SSSR count). The highest BCUT2D eigenvalue weighted by molar-refractivity contribution is 5.56. The van der Waals surface area contributed by atoms with E-state index < -0.39 is 6.16 Å². The van der Waals surface area contributed by atoms with Gasteiger partial charge in [0.1, 0.15) is 0 Å². The molecule has 9 heavy (non-hydrogen) atoms. The highest BCUT2D eigenvalue weighted by Gasteiger charge is 1.86. The molecular formula is C5H13NO3. The van der Waals surface area contributed by atoms with Crippen molar-refractivity contribution < 1.29 is 14.6 Å². The minimum Gasteiger partial charge on any atom is -0.450 e. The highest BCUT2D eigenvalue weighted by Crippen LogP contribution is 1.69. The quantitative estimate of drug-likeness (QED) is 0.515. The van der Waals surface area contributed by atoms with Crippen LogP contribution in [0.15, 0.2) is 0 Å². The summed E-state index contributed by atoms with van der Waals surface area (Å²) in [6.07, 6.45) is -1.21. The van der Waals surface area contributed by atoms with Gasteiger partial charge in [0.2, 0.25) is 0 Å². The van der Waals surface area contributed by atoms with E-state index in [1.165, 1.54) is 0 Å². The maximum atomic E-state index is 9.38.